The zero-order valence-electron chi connectivity index (χ0n) is 14.4. The van der Waals surface area contributed by atoms with Gasteiger partial charge in [-0.25, -0.2) is 0 Å². The SMILES string of the molecule is C[C@H](CC(=O)Nc1ccccc1N1CCCC1=O)[C@H]1CCCNC1. The van der Waals surface area contributed by atoms with Crippen molar-refractivity contribution < 1.29 is 9.59 Å². The number of para-hydroxylation sites is 2. The van der Waals surface area contributed by atoms with Crippen LogP contribution in [0.1, 0.15) is 39.0 Å². The van der Waals surface area contributed by atoms with Crippen LogP contribution in [0.25, 0.3) is 0 Å². The van der Waals surface area contributed by atoms with Crippen LogP contribution in [0.3, 0.4) is 0 Å². The molecule has 1 aromatic rings. The van der Waals surface area contributed by atoms with Crippen molar-refractivity contribution in [2.45, 2.75) is 39.0 Å². The van der Waals surface area contributed by atoms with Gasteiger partial charge in [-0.15, -0.1) is 0 Å². The monoisotopic (exact) mass is 329 g/mol. The van der Waals surface area contributed by atoms with Crippen LogP contribution >= 0.6 is 0 Å². The fourth-order valence-corrected chi connectivity index (χ4v) is 3.74. The average Bonchev–Trinajstić information content (AvgIpc) is 3.02. The van der Waals surface area contributed by atoms with E-state index < -0.39 is 0 Å². The third-order valence-corrected chi connectivity index (χ3v) is 5.19. The van der Waals surface area contributed by atoms with E-state index in [1.807, 2.05) is 24.3 Å². The van der Waals surface area contributed by atoms with Crippen LogP contribution in [0.5, 0.6) is 0 Å². The van der Waals surface area contributed by atoms with Crippen molar-refractivity contribution in [2.24, 2.45) is 11.8 Å². The minimum absolute atomic E-state index is 0.0344. The highest BCUT2D eigenvalue weighted by Gasteiger charge is 2.25. The summed E-state index contributed by atoms with van der Waals surface area (Å²) in [5.41, 5.74) is 1.56. The van der Waals surface area contributed by atoms with E-state index in [0.717, 1.165) is 37.4 Å². The fourth-order valence-electron chi connectivity index (χ4n) is 3.74. The first-order valence-electron chi connectivity index (χ1n) is 9.05. The molecule has 0 bridgehead atoms. The van der Waals surface area contributed by atoms with Crippen molar-refractivity contribution >= 4 is 23.2 Å². The zero-order chi connectivity index (χ0) is 16.9. The Kier molecular flexibility index (Phi) is 5.51. The molecule has 2 aliphatic heterocycles. The largest absolute Gasteiger partial charge is 0.324 e. The van der Waals surface area contributed by atoms with Crippen LogP contribution in [-0.4, -0.2) is 31.4 Å². The molecule has 0 aromatic heterocycles. The van der Waals surface area contributed by atoms with Crippen molar-refractivity contribution in [3.63, 3.8) is 0 Å². The molecule has 0 aliphatic carbocycles. The predicted molar refractivity (Wildman–Crippen MR) is 96.0 cm³/mol. The number of carbonyl (C=O) groups is 2. The van der Waals surface area contributed by atoms with Crippen LogP contribution in [0.4, 0.5) is 11.4 Å². The van der Waals surface area contributed by atoms with Gasteiger partial charge in [0.25, 0.3) is 0 Å². The van der Waals surface area contributed by atoms with Gasteiger partial charge in [-0.05, 0) is 56.3 Å². The van der Waals surface area contributed by atoms with Crippen LogP contribution in [0.15, 0.2) is 24.3 Å². The van der Waals surface area contributed by atoms with Gasteiger partial charge in [0.1, 0.15) is 0 Å². The van der Waals surface area contributed by atoms with Crippen LogP contribution < -0.4 is 15.5 Å². The van der Waals surface area contributed by atoms with Gasteiger partial charge in [0, 0.05) is 19.4 Å². The minimum atomic E-state index is 0.0344. The summed E-state index contributed by atoms with van der Waals surface area (Å²) in [7, 11) is 0. The highest BCUT2D eigenvalue weighted by molar-refractivity contribution is 6.02. The van der Waals surface area contributed by atoms with E-state index in [4.69, 9.17) is 0 Å². The number of hydrogen-bond donors (Lipinski definition) is 2. The molecule has 0 radical (unpaired) electrons. The molecule has 5 heteroatoms. The summed E-state index contributed by atoms with van der Waals surface area (Å²) in [6, 6.07) is 7.60. The first kappa shape index (κ1) is 17.0. The Hall–Kier alpha value is -1.88. The molecule has 130 valence electrons. The number of piperidine rings is 1. The first-order valence-corrected chi connectivity index (χ1v) is 9.05. The number of hydrogen-bond acceptors (Lipinski definition) is 3. The lowest BCUT2D eigenvalue weighted by molar-refractivity contribution is -0.118. The van der Waals surface area contributed by atoms with E-state index in [9.17, 15) is 9.59 Å². The Morgan fingerprint density at radius 2 is 2.21 bits per heavy atom. The van der Waals surface area contributed by atoms with Crippen molar-refractivity contribution in [3.8, 4) is 0 Å². The molecule has 2 saturated heterocycles. The van der Waals surface area contributed by atoms with Gasteiger partial charge in [-0.2, -0.15) is 0 Å². The maximum absolute atomic E-state index is 12.5. The molecule has 2 N–H and O–H groups in total. The lowest BCUT2D eigenvalue weighted by atomic mass is 9.85. The maximum atomic E-state index is 12.5. The molecule has 3 rings (SSSR count). The predicted octanol–water partition coefficient (Wildman–Crippen LogP) is 2.78. The molecular weight excluding hydrogens is 302 g/mol. The summed E-state index contributed by atoms with van der Waals surface area (Å²) in [4.78, 5) is 26.3. The summed E-state index contributed by atoms with van der Waals surface area (Å²) < 4.78 is 0. The fraction of sp³-hybridized carbons (Fsp3) is 0.579. The lowest BCUT2D eigenvalue weighted by Crippen LogP contribution is -2.34. The molecule has 0 spiro atoms. The van der Waals surface area contributed by atoms with Gasteiger partial charge in [0.15, 0.2) is 0 Å². The molecule has 1 aromatic carbocycles. The Morgan fingerprint density at radius 3 is 2.92 bits per heavy atom. The Labute approximate surface area is 143 Å². The standard InChI is InChI=1S/C19H27N3O2/c1-14(15-6-4-10-20-13-15)12-18(23)21-16-7-2-3-8-17(16)22-11-5-9-19(22)24/h2-3,7-8,14-15,20H,4-6,9-13H2,1H3,(H,21,23)/t14-,15+/m1/s1. The molecular formula is C19H27N3O2. The molecule has 5 nitrogen and oxygen atoms in total. The second kappa shape index (κ2) is 7.79. The topological polar surface area (TPSA) is 61.4 Å². The van der Waals surface area contributed by atoms with Crippen molar-refractivity contribution in [2.75, 3.05) is 29.9 Å². The molecule has 24 heavy (non-hydrogen) atoms. The van der Waals surface area contributed by atoms with Gasteiger partial charge in [-0.3, -0.25) is 9.59 Å². The molecule has 2 heterocycles. The Bertz CT molecular complexity index is 596. The number of nitrogens with zero attached hydrogens (tertiary/aromatic N) is 1. The van der Waals surface area contributed by atoms with E-state index in [2.05, 4.69) is 17.6 Å². The first-order chi connectivity index (χ1) is 11.6. The molecule has 2 fully saturated rings. The van der Waals surface area contributed by atoms with Crippen molar-refractivity contribution in [1.29, 1.82) is 0 Å². The third kappa shape index (κ3) is 3.96. The minimum Gasteiger partial charge on any atom is -0.324 e. The molecule has 2 amide bonds. The van der Waals surface area contributed by atoms with Crippen LogP contribution in [-0.2, 0) is 9.59 Å². The van der Waals surface area contributed by atoms with Crippen LogP contribution in [0, 0.1) is 11.8 Å². The number of carbonyl (C=O) groups excluding carboxylic acids is 2. The second-order valence-corrected chi connectivity index (χ2v) is 7.00. The van der Waals surface area contributed by atoms with Crippen molar-refractivity contribution in [1.82, 2.24) is 5.32 Å². The van der Waals surface area contributed by atoms with Gasteiger partial charge < -0.3 is 15.5 Å². The third-order valence-electron chi connectivity index (χ3n) is 5.19. The number of anilines is 2. The molecule has 0 saturated carbocycles. The Morgan fingerprint density at radius 1 is 1.38 bits per heavy atom. The normalized spacial score (nSPS) is 22.5. The summed E-state index contributed by atoms with van der Waals surface area (Å²) in [5, 5.41) is 6.44. The van der Waals surface area contributed by atoms with Crippen LogP contribution in [0.2, 0.25) is 0 Å². The summed E-state index contributed by atoms with van der Waals surface area (Å²) >= 11 is 0. The summed E-state index contributed by atoms with van der Waals surface area (Å²) in [6.45, 7) is 4.99. The lowest BCUT2D eigenvalue weighted by Gasteiger charge is -2.28. The van der Waals surface area contributed by atoms with E-state index in [1.54, 1.807) is 4.90 Å². The van der Waals surface area contributed by atoms with E-state index in [-0.39, 0.29) is 11.8 Å². The smallest absolute Gasteiger partial charge is 0.227 e. The zero-order valence-corrected chi connectivity index (χ0v) is 14.4. The number of nitrogens with one attached hydrogen (secondary N) is 2. The van der Waals surface area contributed by atoms with Gasteiger partial charge in [0.2, 0.25) is 11.8 Å². The molecule has 2 atom stereocenters. The number of benzene rings is 1. The van der Waals surface area contributed by atoms with Gasteiger partial charge in [-0.1, -0.05) is 19.1 Å². The highest BCUT2D eigenvalue weighted by atomic mass is 16.2. The second-order valence-electron chi connectivity index (χ2n) is 7.00. The highest BCUT2D eigenvalue weighted by Crippen LogP contribution is 2.30. The molecule has 0 unspecified atom stereocenters. The number of rotatable bonds is 5. The van der Waals surface area contributed by atoms with E-state index in [1.165, 1.54) is 12.8 Å². The van der Waals surface area contributed by atoms with Gasteiger partial charge >= 0.3 is 0 Å². The number of amides is 2. The maximum Gasteiger partial charge on any atom is 0.227 e. The van der Waals surface area contributed by atoms with Crippen molar-refractivity contribution in [3.05, 3.63) is 24.3 Å². The van der Waals surface area contributed by atoms with Gasteiger partial charge in [0.05, 0.1) is 11.4 Å². The van der Waals surface area contributed by atoms with E-state index >= 15 is 0 Å². The Balaban J connectivity index is 1.63. The summed E-state index contributed by atoms with van der Waals surface area (Å²) in [5.74, 6) is 1.10. The van der Waals surface area contributed by atoms with E-state index in [0.29, 0.717) is 24.7 Å². The average molecular weight is 329 g/mol. The molecule has 2 aliphatic rings. The quantitative estimate of drug-likeness (QED) is 0.873. The summed E-state index contributed by atoms with van der Waals surface area (Å²) in [6.07, 6.45) is 4.38.